The predicted molar refractivity (Wildman–Crippen MR) is 79.4 cm³/mol. The molecule has 2 aromatic rings. The Morgan fingerprint density at radius 3 is 2.75 bits per heavy atom. The van der Waals surface area contributed by atoms with E-state index >= 15 is 0 Å². The maximum absolute atomic E-state index is 9.81. The van der Waals surface area contributed by atoms with Gasteiger partial charge in [0.15, 0.2) is 0 Å². The summed E-state index contributed by atoms with van der Waals surface area (Å²) in [6, 6.07) is 11.2. The summed E-state index contributed by atoms with van der Waals surface area (Å²) in [6.45, 7) is 1.26. The molecule has 2 N–H and O–H groups in total. The lowest BCUT2D eigenvalue weighted by atomic mass is 10.3. The van der Waals surface area contributed by atoms with Crippen molar-refractivity contribution < 1.29 is 9.84 Å². The molecule has 1 aromatic heterocycles. The lowest BCUT2D eigenvalue weighted by molar-refractivity contribution is 0.106. The Bertz CT molecular complexity index is 508. The standard InChI is InChI=1S/C14H16BrN3O2/c15-11-3-5-14(6-4-11)20-10-13(19)9-16-8-12-2-1-7-17-18-12/h1-7,13,16,19H,8-10H2. The van der Waals surface area contributed by atoms with Crippen LogP contribution in [0.5, 0.6) is 5.75 Å². The van der Waals surface area contributed by atoms with E-state index in [9.17, 15) is 5.11 Å². The van der Waals surface area contributed by atoms with Crippen LogP contribution in [0.3, 0.4) is 0 Å². The molecule has 0 radical (unpaired) electrons. The minimum Gasteiger partial charge on any atom is -0.491 e. The molecule has 0 aliphatic heterocycles. The Morgan fingerprint density at radius 2 is 2.05 bits per heavy atom. The Balaban J connectivity index is 1.65. The molecule has 20 heavy (non-hydrogen) atoms. The van der Waals surface area contributed by atoms with Crippen LogP contribution in [0, 0.1) is 0 Å². The van der Waals surface area contributed by atoms with E-state index in [-0.39, 0.29) is 6.61 Å². The van der Waals surface area contributed by atoms with Gasteiger partial charge in [0.1, 0.15) is 18.5 Å². The lowest BCUT2D eigenvalue weighted by Gasteiger charge is -2.13. The highest BCUT2D eigenvalue weighted by Gasteiger charge is 2.05. The SMILES string of the molecule is OC(CNCc1cccnn1)COc1ccc(Br)cc1. The van der Waals surface area contributed by atoms with Crippen LogP contribution >= 0.6 is 15.9 Å². The molecule has 0 saturated heterocycles. The molecule has 6 heteroatoms. The summed E-state index contributed by atoms with van der Waals surface area (Å²) >= 11 is 3.36. The van der Waals surface area contributed by atoms with Crippen molar-refractivity contribution >= 4 is 15.9 Å². The van der Waals surface area contributed by atoms with Crippen molar-refractivity contribution in [1.29, 1.82) is 0 Å². The minimum atomic E-state index is -0.574. The molecule has 2 rings (SSSR count). The molecule has 5 nitrogen and oxygen atoms in total. The van der Waals surface area contributed by atoms with Gasteiger partial charge in [-0.1, -0.05) is 15.9 Å². The highest BCUT2D eigenvalue weighted by Crippen LogP contribution is 2.16. The van der Waals surface area contributed by atoms with E-state index < -0.39 is 6.10 Å². The molecule has 0 spiro atoms. The number of rotatable bonds is 7. The average molecular weight is 338 g/mol. The van der Waals surface area contributed by atoms with Crippen molar-refractivity contribution in [1.82, 2.24) is 15.5 Å². The molecule has 0 saturated carbocycles. The fourth-order valence-electron chi connectivity index (χ4n) is 1.58. The molecule has 0 fully saturated rings. The number of nitrogens with zero attached hydrogens (tertiary/aromatic N) is 2. The number of hydrogen-bond donors (Lipinski definition) is 2. The van der Waals surface area contributed by atoms with Gasteiger partial charge >= 0.3 is 0 Å². The van der Waals surface area contributed by atoms with Crippen LogP contribution in [-0.4, -0.2) is 34.6 Å². The summed E-state index contributed by atoms with van der Waals surface area (Å²) in [6.07, 6.45) is 1.06. The Kier molecular flexibility index (Phi) is 5.91. The quantitative estimate of drug-likeness (QED) is 0.805. The van der Waals surface area contributed by atoms with Gasteiger partial charge < -0.3 is 15.2 Å². The normalized spacial score (nSPS) is 12.1. The van der Waals surface area contributed by atoms with Gasteiger partial charge in [-0.3, -0.25) is 0 Å². The van der Waals surface area contributed by atoms with E-state index in [0.717, 1.165) is 15.9 Å². The molecular weight excluding hydrogens is 322 g/mol. The van der Waals surface area contributed by atoms with Crippen molar-refractivity contribution in [3.8, 4) is 5.75 Å². The highest BCUT2D eigenvalue weighted by atomic mass is 79.9. The van der Waals surface area contributed by atoms with Gasteiger partial charge in [0.25, 0.3) is 0 Å². The number of benzene rings is 1. The van der Waals surface area contributed by atoms with E-state index in [1.165, 1.54) is 0 Å². The Labute approximate surface area is 126 Å². The van der Waals surface area contributed by atoms with Crippen LogP contribution in [-0.2, 0) is 6.54 Å². The van der Waals surface area contributed by atoms with Crippen molar-refractivity contribution in [3.63, 3.8) is 0 Å². The van der Waals surface area contributed by atoms with Crippen LogP contribution in [0.25, 0.3) is 0 Å². The first-order chi connectivity index (χ1) is 9.74. The molecule has 1 unspecified atom stereocenters. The van der Waals surface area contributed by atoms with Gasteiger partial charge in [-0.05, 0) is 36.4 Å². The first kappa shape index (κ1) is 14.9. The molecule has 0 aliphatic carbocycles. The van der Waals surface area contributed by atoms with Crippen LogP contribution in [0.1, 0.15) is 5.69 Å². The number of aliphatic hydroxyl groups excluding tert-OH is 1. The third-order valence-electron chi connectivity index (χ3n) is 2.57. The van der Waals surface area contributed by atoms with Crippen molar-refractivity contribution in [2.75, 3.05) is 13.2 Å². The summed E-state index contributed by atoms with van der Waals surface area (Å²) in [5, 5.41) is 20.6. The molecule has 0 bridgehead atoms. The van der Waals surface area contributed by atoms with E-state index in [1.807, 2.05) is 36.4 Å². The van der Waals surface area contributed by atoms with Crippen LogP contribution in [0.15, 0.2) is 47.1 Å². The second-order valence-electron chi connectivity index (χ2n) is 4.26. The van der Waals surface area contributed by atoms with Gasteiger partial charge in [-0.2, -0.15) is 10.2 Å². The zero-order valence-electron chi connectivity index (χ0n) is 10.9. The highest BCUT2D eigenvalue weighted by molar-refractivity contribution is 9.10. The first-order valence-electron chi connectivity index (χ1n) is 6.28. The first-order valence-corrected chi connectivity index (χ1v) is 7.07. The van der Waals surface area contributed by atoms with Gasteiger partial charge in [0.05, 0.1) is 5.69 Å². The predicted octanol–water partition coefficient (Wildman–Crippen LogP) is 1.77. The Hall–Kier alpha value is -1.50. The van der Waals surface area contributed by atoms with Crippen LogP contribution in [0.2, 0.25) is 0 Å². The van der Waals surface area contributed by atoms with Crippen LogP contribution < -0.4 is 10.1 Å². The number of aromatic nitrogens is 2. The number of nitrogens with one attached hydrogen (secondary N) is 1. The minimum absolute atomic E-state index is 0.245. The summed E-state index contributed by atoms with van der Waals surface area (Å²) in [5.74, 6) is 0.737. The van der Waals surface area contributed by atoms with Crippen molar-refractivity contribution in [3.05, 3.63) is 52.8 Å². The van der Waals surface area contributed by atoms with Gasteiger partial charge in [0, 0.05) is 23.8 Å². The molecular formula is C14H16BrN3O2. The third kappa shape index (κ3) is 5.24. The molecule has 1 heterocycles. The average Bonchev–Trinajstić information content (AvgIpc) is 2.48. The molecule has 0 amide bonds. The summed E-state index contributed by atoms with van der Waals surface area (Å²) in [5.41, 5.74) is 0.841. The fraction of sp³-hybridized carbons (Fsp3) is 0.286. The Morgan fingerprint density at radius 1 is 1.25 bits per heavy atom. The maximum atomic E-state index is 9.81. The van der Waals surface area contributed by atoms with Crippen molar-refractivity contribution in [2.45, 2.75) is 12.6 Å². The smallest absolute Gasteiger partial charge is 0.119 e. The van der Waals surface area contributed by atoms with E-state index in [0.29, 0.717) is 13.1 Å². The second kappa shape index (κ2) is 7.94. The maximum Gasteiger partial charge on any atom is 0.119 e. The topological polar surface area (TPSA) is 67.3 Å². The monoisotopic (exact) mass is 337 g/mol. The number of halogens is 1. The number of hydrogen-bond acceptors (Lipinski definition) is 5. The third-order valence-corrected chi connectivity index (χ3v) is 3.10. The zero-order valence-corrected chi connectivity index (χ0v) is 12.5. The van der Waals surface area contributed by atoms with E-state index in [4.69, 9.17) is 4.74 Å². The lowest BCUT2D eigenvalue weighted by Crippen LogP contribution is -2.31. The fourth-order valence-corrected chi connectivity index (χ4v) is 1.84. The zero-order chi connectivity index (χ0) is 14.2. The van der Waals surface area contributed by atoms with Crippen molar-refractivity contribution in [2.24, 2.45) is 0 Å². The van der Waals surface area contributed by atoms with Gasteiger partial charge in [0.2, 0.25) is 0 Å². The van der Waals surface area contributed by atoms with E-state index in [1.54, 1.807) is 6.20 Å². The van der Waals surface area contributed by atoms with Crippen LogP contribution in [0.4, 0.5) is 0 Å². The largest absolute Gasteiger partial charge is 0.491 e. The van der Waals surface area contributed by atoms with Gasteiger partial charge in [-0.25, -0.2) is 0 Å². The number of ether oxygens (including phenoxy) is 1. The van der Waals surface area contributed by atoms with E-state index in [2.05, 4.69) is 31.4 Å². The number of aliphatic hydroxyl groups is 1. The second-order valence-corrected chi connectivity index (χ2v) is 5.18. The van der Waals surface area contributed by atoms with Gasteiger partial charge in [-0.15, -0.1) is 0 Å². The molecule has 1 aromatic carbocycles. The summed E-state index contributed by atoms with van der Waals surface area (Å²) in [4.78, 5) is 0. The molecule has 1 atom stereocenters. The summed E-state index contributed by atoms with van der Waals surface area (Å²) < 4.78 is 6.48. The molecule has 106 valence electrons. The summed E-state index contributed by atoms with van der Waals surface area (Å²) in [7, 11) is 0. The molecule has 0 aliphatic rings.